The molecule has 5 aromatic rings. The van der Waals surface area contributed by atoms with Crippen molar-refractivity contribution in [3.8, 4) is 17.3 Å². The van der Waals surface area contributed by atoms with E-state index >= 15 is 0 Å². The number of nitrogen functional groups attached to an aromatic ring is 1. The topological polar surface area (TPSA) is 175 Å². The van der Waals surface area contributed by atoms with Gasteiger partial charge in [0.1, 0.15) is 16.3 Å². The highest BCUT2D eigenvalue weighted by Gasteiger charge is 2.22. The third-order valence-corrected chi connectivity index (χ3v) is 7.93. The Bertz CT molecular complexity index is 1780. The lowest BCUT2D eigenvalue weighted by Gasteiger charge is -2.36. The number of carbonyl (C=O) groups excluding carboxylic acids is 1. The van der Waals surface area contributed by atoms with E-state index in [1.807, 2.05) is 4.90 Å². The van der Waals surface area contributed by atoms with Crippen LogP contribution < -0.4 is 31.3 Å². The predicted molar refractivity (Wildman–Crippen MR) is 162 cm³/mol. The molecule has 5 heterocycles. The molecular formula is C26H30ClFN10O4S. The first-order valence-corrected chi connectivity index (χ1v) is 14.2. The molecule has 1 aliphatic rings. The molecule has 1 aromatic carbocycles. The quantitative estimate of drug-likeness (QED) is 0.202. The molecule has 4 aromatic heterocycles. The molecule has 0 atom stereocenters. The third-order valence-electron chi connectivity index (χ3n) is 6.97. The zero-order valence-electron chi connectivity index (χ0n) is 22.9. The van der Waals surface area contributed by atoms with Gasteiger partial charge in [-0.2, -0.15) is 9.50 Å². The van der Waals surface area contributed by atoms with Crippen molar-refractivity contribution in [2.24, 2.45) is 5.73 Å². The number of halogens is 2. The van der Waals surface area contributed by atoms with Crippen molar-refractivity contribution in [2.75, 3.05) is 63.1 Å². The number of fused-ring (bicyclic) bond motifs is 3. The number of furan rings is 1. The normalized spacial score (nSPS) is 13.9. The fourth-order valence-electron chi connectivity index (χ4n) is 4.84. The molecule has 1 fully saturated rings. The number of piperazine rings is 1. The summed E-state index contributed by atoms with van der Waals surface area (Å²) < 4.78 is 29.3. The number of aromatic nitrogens is 5. The standard InChI is InChI=1S/C26H29FN10O4S.ClH/c27-17-14-16(41-15-20(38)30-6-5-28)3-4-18(17)35-10-7-34(8-11-35)9-12-36-23-21(42-26(36)39)24-31-22(19-2-1-13-40-19)33-37(24)25(29)32-23;/h1-4,13-14H,5-12,15,28H2,(H2,29,32)(H,30,38);1H. The van der Waals surface area contributed by atoms with Gasteiger partial charge in [0.05, 0.1) is 12.0 Å². The number of nitrogens with two attached hydrogens (primary N) is 2. The van der Waals surface area contributed by atoms with E-state index in [-0.39, 0.29) is 41.5 Å². The van der Waals surface area contributed by atoms with E-state index in [1.54, 1.807) is 28.8 Å². The fourth-order valence-corrected chi connectivity index (χ4v) is 5.77. The van der Waals surface area contributed by atoms with Crippen LogP contribution in [-0.2, 0) is 11.3 Å². The predicted octanol–water partition coefficient (Wildman–Crippen LogP) is 1.18. The molecule has 1 amide bonds. The van der Waals surface area contributed by atoms with Crippen molar-refractivity contribution in [3.05, 3.63) is 52.1 Å². The van der Waals surface area contributed by atoms with Gasteiger partial charge in [-0.15, -0.1) is 17.5 Å². The van der Waals surface area contributed by atoms with E-state index in [0.29, 0.717) is 85.6 Å². The highest BCUT2D eigenvalue weighted by Crippen LogP contribution is 2.27. The first-order valence-electron chi connectivity index (χ1n) is 13.4. The Balaban J connectivity index is 0.00000368. The summed E-state index contributed by atoms with van der Waals surface area (Å²) in [5, 5.41) is 6.98. The summed E-state index contributed by atoms with van der Waals surface area (Å²) in [6, 6.07) is 8.08. The number of hydrogen-bond acceptors (Lipinski definition) is 12. The van der Waals surface area contributed by atoms with Gasteiger partial charge in [-0.1, -0.05) is 11.3 Å². The number of benzene rings is 1. The zero-order valence-corrected chi connectivity index (χ0v) is 24.6. The molecule has 228 valence electrons. The van der Waals surface area contributed by atoms with Gasteiger partial charge in [0.2, 0.25) is 11.8 Å². The van der Waals surface area contributed by atoms with E-state index in [0.717, 1.165) is 11.3 Å². The second-order valence-corrected chi connectivity index (χ2v) is 10.6. The van der Waals surface area contributed by atoms with Crippen molar-refractivity contribution in [1.29, 1.82) is 0 Å². The van der Waals surface area contributed by atoms with Gasteiger partial charge in [-0.05, 0) is 24.3 Å². The number of ether oxygens (including phenoxy) is 1. The van der Waals surface area contributed by atoms with Crippen molar-refractivity contribution < 1.29 is 18.3 Å². The summed E-state index contributed by atoms with van der Waals surface area (Å²) >= 11 is 1.05. The van der Waals surface area contributed by atoms with Gasteiger partial charge < -0.3 is 30.8 Å². The number of rotatable bonds is 10. The Labute approximate surface area is 254 Å². The van der Waals surface area contributed by atoms with Crippen molar-refractivity contribution in [1.82, 2.24) is 34.4 Å². The average Bonchev–Trinajstić information content (AvgIpc) is 3.74. The van der Waals surface area contributed by atoms with Crippen molar-refractivity contribution in [2.45, 2.75) is 6.54 Å². The van der Waals surface area contributed by atoms with Crippen molar-refractivity contribution >= 4 is 57.3 Å². The summed E-state index contributed by atoms with van der Waals surface area (Å²) in [7, 11) is 0. The molecule has 5 N–H and O–H groups in total. The lowest BCUT2D eigenvalue weighted by atomic mass is 10.2. The van der Waals surface area contributed by atoms with E-state index in [2.05, 4.69) is 25.3 Å². The van der Waals surface area contributed by atoms with Crippen LogP contribution in [-0.4, -0.2) is 87.4 Å². The SMILES string of the molecule is Cl.NCCNC(=O)COc1ccc(N2CCN(CCn3c(=O)sc4c3nc(N)n3nc(-c5ccco5)nc43)CC2)c(F)c1. The summed E-state index contributed by atoms with van der Waals surface area (Å²) in [6.07, 6.45) is 1.53. The van der Waals surface area contributed by atoms with Crippen LogP contribution in [0.2, 0.25) is 0 Å². The fraction of sp³-hybridized carbons (Fsp3) is 0.346. The highest BCUT2D eigenvalue weighted by molar-refractivity contribution is 7.17. The number of amides is 1. The number of thiazole rings is 1. The molecule has 14 nitrogen and oxygen atoms in total. The second-order valence-electron chi connectivity index (χ2n) is 9.66. The lowest BCUT2D eigenvalue weighted by Crippen LogP contribution is -2.47. The number of nitrogens with one attached hydrogen (secondary N) is 1. The van der Waals surface area contributed by atoms with Crippen LogP contribution in [0.5, 0.6) is 5.75 Å². The maximum absolute atomic E-state index is 14.9. The maximum Gasteiger partial charge on any atom is 0.309 e. The number of nitrogens with zero attached hydrogens (tertiary/aromatic N) is 7. The Hall–Kier alpha value is -4.25. The maximum atomic E-state index is 14.9. The molecule has 1 saturated heterocycles. The van der Waals surface area contributed by atoms with E-state index in [1.165, 1.54) is 16.8 Å². The lowest BCUT2D eigenvalue weighted by molar-refractivity contribution is -0.123. The van der Waals surface area contributed by atoms with Crippen molar-refractivity contribution in [3.63, 3.8) is 0 Å². The number of anilines is 2. The minimum absolute atomic E-state index is 0. The Kier molecular flexibility index (Phi) is 9.10. The van der Waals surface area contributed by atoms with Gasteiger partial charge >= 0.3 is 4.87 Å². The minimum Gasteiger partial charge on any atom is -0.484 e. The first kappa shape index (κ1) is 30.2. The Morgan fingerprint density at radius 1 is 1.14 bits per heavy atom. The molecule has 0 saturated carbocycles. The summed E-state index contributed by atoms with van der Waals surface area (Å²) in [4.78, 5) is 37.7. The average molecular weight is 633 g/mol. The van der Waals surface area contributed by atoms with Gasteiger partial charge in [0.25, 0.3) is 5.91 Å². The van der Waals surface area contributed by atoms with Crippen LogP contribution in [0.3, 0.4) is 0 Å². The molecule has 6 rings (SSSR count). The zero-order chi connectivity index (χ0) is 29.2. The van der Waals surface area contributed by atoms with Gasteiger partial charge in [0, 0.05) is 58.4 Å². The molecule has 0 aliphatic carbocycles. The van der Waals surface area contributed by atoms with Crippen LogP contribution in [0.4, 0.5) is 16.0 Å². The second kappa shape index (κ2) is 12.9. The molecule has 0 spiro atoms. The van der Waals surface area contributed by atoms with Crippen LogP contribution in [0.15, 0.2) is 45.8 Å². The molecule has 1 aliphatic heterocycles. The molecule has 0 unspecified atom stereocenters. The molecule has 0 bridgehead atoms. The summed E-state index contributed by atoms with van der Waals surface area (Å²) in [6.45, 7) is 4.10. The summed E-state index contributed by atoms with van der Waals surface area (Å²) in [5.74, 6) is 0.514. The largest absolute Gasteiger partial charge is 0.484 e. The molecule has 0 radical (unpaired) electrons. The number of carbonyl (C=O) groups is 1. The Morgan fingerprint density at radius 2 is 1.95 bits per heavy atom. The van der Waals surface area contributed by atoms with Crippen LogP contribution in [0.1, 0.15) is 0 Å². The van der Waals surface area contributed by atoms with E-state index in [9.17, 15) is 14.0 Å². The minimum atomic E-state index is -0.418. The molecule has 17 heteroatoms. The first-order chi connectivity index (χ1) is 20.4. The van der Waals surface area contributed by atoms with Crippen LogP contribution >= 0.6 is 23.7 Å². The molecular weight excluding hydrogens is 603 g/mol. The highest BCUT2D eigenvalue weighted by atomic mass is 35.5. The molecule has 43 heavy (non-hydrogen) atoms. The van der Waals surface area contributed by atoms with Crippen LogP contribution in [0.25, 0.3) is 27.6 Å². The van der Waals surface area contributed by atoms with E-state index < -0.39 is 5.82 Å². The van der Waals surface area contributed by atoms with Crippen LogP contribution in [0, 0.1) is 5.82 Å². The smallest absolute Gasteiger partial charge is 0.309 e. The number of hydrogen-bond donors (Lipinski definition) is 3. The monoisotopic (exact) mass is 632 g/mol. The Morgan fingerprint density at radius 3 is 2.67 bits per heavy atom. The van der Waals surface area contributed by atoms with Gasteiger partial charge in [-0.25, -0.2) is 9.37 Å². The van der Waals surface area contributed by atoms with E-state index in [4.69, 9.17) is 20.6 Å². The summed E-state index contributed by atoms with van der Waals surface area (Å²) in [5.41, 5.74) is 12.9. The van der Waals surface area contributed by atoms with Gasteiger partial charge in [0.15, 0.2) is 23.7 Å². The third kappa shape index (κ3) is 6.27. The van der Waals surface area contributed by atoms with Gasteiger partial charge in [-0.3, -0.25) is 19.1 Å².